The van der Waals surface area contributed by atoms with Gasteiger partial charge in [0.1, 0.15) is 0 Å². The van der Waals surface area contributed by atoms with Crippen LogP contribution >= 0.6 is 15.9 Å². The Morgan fingerprint density at radius 3 is 2.92 bits per heavy atom. The number of hydrogen-bond acceptors (Lipinski definition) is 1. The van der Waals surface area contributed by atoms with E-state index in [1.807, 2.05) is 6.07 Å². The third kappa shape index (κ3) is 1.44. The van der Waals surface area contributed by atoms with Crippen molar-refractivity contribution in [1.82, 2.24) is 4.98 Å². The molecule has 1 heterocycles. The minimum Gasteiger partial charge on any atom is -0.373 e. The second-order valence-corrected chi connectivity index (χ2v) is 3.54. The second-order valence-electron chi connectivity index (χ2n) is 2.98. The van der Waals surface area contributed by atoms with Crippen LogP contribution in [0.5, 0.6) is 0 Å². The predicted molar refractivity (Wildman–Crippen MR) is 60.5 cm³/mol. The molecule has 0 aliphatic heterocycles. The quantitative estimate of drug-likeness (QED) is 0.611. The van der Waals surface area contributed by atoms with Gasteiger partial charge in [-0.05, 0) is 13.0 Å². The molecule has 1 aromatic carbocycles. The smallest absolute Gasteiger partial charge is 0.0708 e. The van der Waals surface area contributed by atoms with Crippen molar-refractivity contribution < 1.29 is 0 Å². The monoisotopic (exact) mass is 238 g/mol. The van der Waals surface area contributed by atoms with E-state index in [1.54, 1.807) is 0 Å². The van der Waals surface area contributed by atoms with Crippen LogP contribution in [0.2, 0.25) is 0 Å². The molecule has 0 saturated heterocycles. The Bertz CT molecular complexity index is 420. The van der Waals surface area contributed by atoms with Crippen molar-refractivity contribution in [3.8, 4) is 0 Å². The lowest BCUT2D eigenvalue weighted by Crippen LogP contribution is -1.93. The molecule has 0 saturated carbocycles. The highest BCUT2D eigenvalue weighted by molar-refractivity contribution is 9.09. The number of aromatic amines is 1. The van der Waals surface area contributed by atoms with Crippen LogP contribution in [0.15, 0.2) is 24.3 Å². The summed E-state index contributed by atoms with van der Waals surface area (Å²) in [5, 5.41) is 4.53. The van der Waals surface area contributed by atoms with E-state index in [2.05, 4.69) is 51.4 Å². The van der Waals surface area contributed by atoms with Crippen LogP contribution in [0.4, 0.5) is 5.69 Å². The minimum atomic E-state index is 0.773. The van der Waals surface area contributed by atoms with Gasteiger partial charge in [0.15, 0.2) is 0 Å². The summed E-state index contributed by atoms with van der Waals surface area (Å²) < 4.78 is 0. The molecular weight excluding hydrogens is 228 g/mol. The summed E-state index contributed by atoms with van der Waals surface area (Å²) in [6.07, 6.45) is 0. The molecule has 2 rings (SSSR count). The van der Waals surface area contributed by atoms with Gasteiger partial charge in [0.05, 0.1) is 11.1 Å². The van der Waals surface area contributed by atoms with Crippen LogP contribution in [-0.4, -0.2) is 10.4 Å². The summed E-state index contributed by atoms with van der Waals surface area (Å²) in [7, 11) is 0. The summed E-state index contributed by atoms with van der Waals surface area (Å²) >= 11 is 3.37. The van der Waals surface area contributed by atoms with Crippen molar-refractivity contribution in [2.24, 2.45) is 0 Å². The molecule has 0 radical (unpaired) electrons. The first kappa shape index (κ1) is 8.63. The van der Waals surface area contributed by atoms with Gasteiger partial charge in [-0.3, -0.25) is 0 Å². The molecule has 2 nitrogen and oxygen atoms in total. The maximum atomic E-state index is 3.37. The lowest BCUT2D eigenvalue weighted by atomic mass is 10.2. The highest BCUT2D eigenvalue weighted by atomic mass is 79.9. The van der Waals surface area contributed by atoms with Crippen molar-refractivity contribution in [3.05, 3.63) is 30.0 Å². The predicted octanol–water partition coefficient (Wildman–Crippen LogP) is 3.24. The largest absolute Gasteiger partial charge is 0.373 e. The summed E-state index contributed by atoms with van der Waals surface area (Å²) in [6.45, 7) is 2.07. The van der Waals surface area contributed by atoms with E-state index in [1.165, 1.54) is 22.3 Å². The van der Waals surface area contributed by atoms with E-state index in [9.17, 15) is 0 Å². The number of benzene rings is 1. The van der Waals surface area contributed by atoms with Gasteiger partial charge in [0.2, 0.25) is 0 Å². The Morgan fingerprint density at radius 1 is 1.38 bits per heavy atom. The standard InChI is InChI=1S/C10H11BrN2/c1-7-10(12-6-11)8-4-2-3-5-9(8)13-7/h2-5,12-13H,6H2,1H3. The zero-order valence-corrected chi connectivity index (χ0v) is 8.98. The highest BCUT2D eigenvalue weighted by Crippen LogP contribution is 2.26. The van der Waals surface area contributed by atoms with E-state index in [4.69, 9.17) is 0 Å². The topological polar surface area (TPSA) is 27.8 Å². The average Bonchev–Trinajstić information content (AvgIpc) is 2.44. The lowest BCUT2D eigenvalue weighted by Gasteiger charge is -2.00. The molecule has 0 aliphatic carbocycles. The first-order chi connectivity index (χ1) is 6.33. The number of alkyl halides is 1. The fraction of sp³-hybridized carbons (Fsp3) is 0.200. The van der Waals surface area contributed by atoms with Gasteiger partial charge < -0.3 is 10.3 Å². The summed E-state index contributed by atoms with van der Waals surface area (Å²) in [4.78, 5) is 3.33. The number of aromatic nitrogens is 1. The molecule has 3 heteroatoms. The Kier molecular flexibility index (Phi) is 2.27. The number of H-pyrrole nitrogens is 1. The Morgan fingerprint density at radius 2 is 2.15 bits per heavy atom. The highest BCUT2D eigenvalue weighted by Gasteiger charge is 2.05. The van der Waals surface area contributed by atoms with E-state index < -0.39 is 0 Å². The Balaban J connectivity index is 2.64. The number of hydrogen-bond donors (Lipinski definition) is 2. The zero-order valence-electron chi connectivity index (χ0n) is 7.39. The van der Waals surface area contributed by atoms with Gasteiger partial charge in [-0.1, -0.05) is 34.1 Å². The fourth-order valence-corrected chi connectivity index (χ4v) is 1.85. The molecule has 0 fully saturated rings. The maximum absolute atomic E-state index is 3.37. The molecule has 0 atom stereocenters. The van der Waals surface area contributed by atoms with Gasteiger partial charge in [-0.25, -0.2) is 0 Å². The maximum Gasteiger partial charge on any atom is 0.0708 e. The molecule has 2 aromatic rings. The average molecular weight is 239 g/mol. The van der Waals surface area contributed by atoms with Crippen LogP contribution in [0, 0.1) is 6.92 Å². The number of para-hydroxylation sites is 1. The minimum absolute atomic E-state index is 0.773. The molecular formula is C10H11BrN2. The number of aryl methyl sites for hydroxylation is 1. The number of nitrogens with one attached hydrogen (secondary N) is 2. The molecule has 0 unspecified atom stereocenters. The van der Waals surface area contributed by atoms with Crippen molar-refractivity contribution >= 4 is 32.5 Å². The van der Waals surface area contributed by atoms with Gasteiger partial charge in [0.25, 0.3) is 0 Å². The van der Waals surface area contributed by atoms with Gasteiger partial charge in [0, 0.05) is 16.6 Å². The van der Waals surface area contributed by atoms with E-state index in [0.29, 0.717) is 0 Å². The van der Waals surface area contributed by atoms with Crippen molar-refractivity contribution in [2.45, 2.75) is 6.92 Å². The summed E-state index contributed by atoms with van der Waals surface area (Å²) in [6, 6.07) is 8.29. The number of fused-ring (bicyclic) bond motifs is 1. The number of halogens is 1. The molecule has 2 N–H and O–H groups in total. The fourth-order valence-electron chi connectivity index (χ4n) is 1.57. The molecule has 0 aliphatic rings. The molecule has 68 valence electrons. The van der Waals surface area contributed by atoms with Crippen LogP contribution in [0.25, 0.3) is 10.9 Å². The van der Waals surface area contributed by atoms with Crippen LogP contribution in [-0.2, 0) is 0 Å². The second kappa shape index (κ2) is 3.42. The van der Waals surface area contributed by atoms with Crippen LogP contribution in [0.3, 0.4) is 0 Å². The van der Waals surface area contributed by atoms with Crippen LogP contribution in [0.1, 0.15) is 5.69 Å². The van der Waals surface area contributed by atoms with Gasteiger partial charge in [-0.2, -0.15) is 0 Å². The van der Waals surface area contributed by atoms with Gasteiger partial charge in [-0.15, -0.1) is 0 Å². The third-order valence-electron chi connectivity index (χ3n) is 2.14. The first-order valence-electron chi connectivity index (χ1n) is 4.20. The summed E-state index contributed by atoms with van der Waals surface area (Å²) in [5.41, 5.74) is 4.33. The normalized spacial score (nSPS) is 10.6. The third-order valence-corrected chi connectivity index (χ3v) is 2.42. The number of rotatable bonds is 2. The first-order valence-corrected chi connectivity index (χ1v) is 5.32. The Labute approximate surface area is 85.5 Å². The molecule has 0 spiro atoms. The molecule has 0 bridgehead atoms. The molecule has 13 heavy (non-hydrogen) atoms. The van der Waals surface area contributed by atoms with E-state index >= 15 is 0 Å². The van der Waals surface area contributed by atoms with Gasteiger partial charge >= 0.3 is 0 Å². The molecule has 0 amide bonds. The Hall–Kier alpha value is -0.960. The van der Waals surface area contributed by atoms with Crippen molar-refractivity contribution in [3.63, 3.8) is 0 Å². The SMILES string of the molecule is Cc1[nH]c2ccccc2c1NCBr. The van der Waals surface area contributed by atoms with Crippen molar-refractivity contribution in [1.29, 1.82) is 0 Å². The van der Waals surface area contributed by atoms with E-state index in [0.717, 1.165) is 5.45 Å². The van der Waals surface area contributed by atoms with Crippen LogP contribution < -0.4 is 5.32 Å². The molecule has 1 aromatic heterocycles. The van der Waals surface area contributed by atoms with Crippen molar-refractivity contribution in [2.75, 3.05) is 10.8 Å². The van der Waals surface area contributed by atoms with E-state index in [-0.39, 0.29) is 0 Å². The lowest BCUT2D eigenvalue weighted by molar-refractivity contribution is 1.28. The number of anilines is 1. The summed E-state index contributed by atoms with van der Waals surface area (Å²) in [5.74, 6) is 0. The zero-order chi connectivity index (χ0) is 9.26.